The molecular weight excluding hydrogens is 252 g/mol. The van der Waals surface area contributed by atoms with E-state index in [1.807, 2.05) is 0 Å². The van der Waals surface area contributed by atoms with Crippen LogP contribution in [0.1, 0.15) is 53.4 Å². The first kappa shape index (κ1) is 19.4. The zero-order valence-electron chi connectivity index (χ0n) is 13.9. The van der Waals surface area contributed by atoms with Crippen molar-refractivity contribution in [1.29, 1.82) is 0 Å². The van der Waals surface area contributed by atoms with Crippen LogP contribution in [0.5, 0.6) is 0 Å². The molecule has 20 heavy (non-hydrogen) atoms. The van der Waals surface area contributed by atoms with Crippen LogP contribution < -0.4 is 0 Å². The fourth-order valence-corrected chi connectivity index (χ4v) is 2.40. The number of hydrogen-bond acceptors (Lipinski definition) is 3. The minimum Gasteiger partial charge on any atom is -0.481 e. The highest BCUT2D eigenvalue weighted by molar-refractivity contribution is 5.69. The third-order valence-electron chi connectivity index (χ3n) is 3.87. The smallest absolute Gasteiger partial charge is 0.307 e. The van der Waals surface area contributed by atoms with E-state index in [1.165, 1.54) is 19.3 Å². The summed E-state index contributed by atoms with van der Waals surface area (Å²) in [7, 11) is 0. The molecule has 0 aromatic rings. The largest absolute Gasteiger partial charge is 0.481 e. The van der Waals surface area contributed by atoms with E-state index in [1.54, 1.807) is 6.92 Å². The molecule has 120 valence electrons. The summed E-state index contributed by atoms with van der Waals surface area (Å²) in [5.74, 6) is -0.959. The van der Waals surface area contributed by atoms with Gasteiger partial charge in [-0.05, 0) is 45.6 Å². The van der Waals surface area contributed by atoms with Crippen molar-refractivity contribution < 1.29 is 9.90 Å². The lowest BCUT2D eigenvalue weighted by Gasteiger charge is -2.26. The third-order valence-corrected chi connectivity index (χ3v) is 3.87. The quantitative estimate of drug-likeness (QED) is 0.529. The van der Waals surface area contributed by atoms with Gasteiger partial charge < -0.3 is 14.9 Å². The van der Waals surface area contributed by atoms with Crippen molar-refractivity contribution in [3.05, 3.63) is 0 Å². The van der Waals surface area contributed by atoms with Crippen LogP contribution in [0.25, 0.3) is 0 Å². The zero-order valence-corrected chi connectivity index (χ0v) is 13.9. The SMILES string of the molecule is CCCCCN(CCCN(CC)CC)CC(C)C(=O)O. The second kappa shape index (κ2) is 12.2. The van der Waals surface area contributed by atoms with Gasteiger partial charge in [0.2, 0.25) is 0 Å². The molecule has 0 aromatic carbocycles. The summed E-state index contributed by atoms with van der Waals surface area (Å²) in [6.07, 6.45) is 4.74. The number of unbranched alkanes of at least 4 members (excludes halogenated alkanes) is 2. The molecule has 0 fully saturated rings. The van der Waals surface area contributed by atoms with Gasteiger partial charge in [-0.2, -0.15) is 0 Å². The van der Waals surface area contributed by atoms with Crippen LogP contribution in [0.2, 0.25) is 0 Å². The number of carboxylic acid groups (broad SMARTS) is 1. The Bertz CT molecular complexity index is 243. The average molecular weight is 286 g/mol. The van der Waals surface area contributed by atoms with Crippen molar-refractivity contribution in [1.82, 2.24) is 9.80 Å². The Morgan fingerprint density at radius 3 is 2.00 bits per heavy atom. The van der Waals surface area contributed by atoms with Gasteiger partial charge in [-0.1, -0.05) is 40.5 Å². The maximum absolute atomic E-state index is 11.0. The third kappa shape index (κ3) is 9.32. The van der Waals surface area contributed by atoms with E-state index in [2.05, 4.69) is 30.6 Å². The second-order valence-corrected chi connectivity index (χ2v) is 5.63. The molecule has 1 atom stereocenters. The van der Waals surface area contributed by atoms with Gasteiger partial charge in [-0.15, -0.1) is 0 Å². The van der Waals surface area contributed by atoms with Crippen LogP contribution in [0, 0.1) is 5.92 Å². The van der Waals surface area contributed by atoms with E-state index in [-0.39, 0.29) is 5.92 Å². The number of rotatable bonds is 13. The van der Waals surface area contributed by atoms with Crippen LogP contribution in [0.3, 0.4) is 0 Å². The molecule has 0 aliphatic heterocycles. The van der Waals surface area contributed by atoms with Crippen LogP contribution in [-0.4, -0.2) is 60.1 Å². The van der Waals surface area contributed by atoms with Crippen molar-refractivity contribution in [2.24, 2.45) is 5.92 Å². The maximum atomic E-state index is 11.0. The molecule has 1 N–H and O–H groups in total. The number of aliphatic carboxylic acids is 1. The van der Waals surface area contributed by atoms with Crippen LogP contribution in [-0.2, 0) is 4.79 Å². The highest BCUT2D eigenvalue weighted by Gasteiger charge is 2.15. The molecule has 0 heterocycles. The van der Waals surface area contributed by atoms with Gasteiger partial charge in [0.05, 0.1) is 5.92 Å². The van der Waals surface area contributed by atoms with Gasteiger partial charge in [0.25, 0.3) is 0 Å². The number of carboxylic acids is 1. The highest BCUT2D eigenvalue weighted by Crippen LogP contribution is 2.05. The first-order valence-electron chi connectivity index (χ1n) is 8.22. The number of hydrogen-bond donors (Lipinski definition) is 1. The Hall–Kier alpha value is -0.610. The maximum Gasteiger partial charge on any atom is 0.307 e. The number of nitrogens with zero attached hydrogens (tertiary/aromatic N) is 2. The van der Waals surface area contributed by atoms with Crippen LogP contribution >= 0.6 is 0 Å². The second-order valence-electron chi connectivity index (χ2n) is 5.63. The molecule has 4 heteroatoms. The van der Waals surface area contributed by atoms with Gasteiger partial charge in [0.1, 0.15) is 0 Å². The highest BCUT2D eigenvalue weighted by atomic mass is 16.4. The lowest BCUT2D eigenvalue weighted by atomic mass is 10.1. The predicted molar refractivity (Wildman–Crippen MR) is 85.2 cm³/mol. The summed E-state index contributed by atoms with van der Waals surface area (Å²) in [6, 6.07) is 0. The Kier molecular flexibility index (Phi) is 11.8. The molecule has 0 aliphatic rings. The summed E-state index contributed by atoms with van der Waals surface area (Å²) in [5.41, 5.74) is 0. The van der Waals surface area contributed by atoms with Crippen molar-refractivity contribution in [2.75, 3.05) is 39.3 Å². The lowest BCUT2D eigenvalue weighted by molar-refractivity contribution is -0.141. The number of carbonyl (C=O) groups is 1. The first-order chi connectivity index (χ1) is 9.54. The molecule has 0 spiro atoms. The molecule has 0 saturated carbocycles. The average Bonchev–Trinajstić information content (AvgIpc) is 2.43. The molecule has 0 aliphatic carbocycles. The first-order valence-corrected chi connectivity index (χ1v) is 8.22. The van der Waals surface area contributed by atoms with Crippen LogP contribution in [0.15, 0.2) is 0 Å². The molecule has 0 saturated heterocycles. The monoisotopic (exact) mass is 286 g/mol. The predicted octanol–water partition coefficient (Wildman–Crippen LogP) is 2.93. The van der Waals surface area contributed by atoms with Gasteiger partial charge in [0.15, 0.2) is 0 Å². The fourth-order valence-electron chi connectivity index (χ4n) is 2.40. The Morgan fingerprint density at radius 2 is 1.50 bits per heavy atom. The minimum absolute atomic E-state index is 0.273. The minimum atomic E-state index is -0.686. The van der Waals surface area contributed by atoms with Crippen molar-refractivity contribution >= 4 is 5.97 Å². The molecule has 0 radical (unpaired) electrons. The van der Waals surface area contributed by atoms with E-state index >= 15 is 0 Å². The van der Waals surface area contributed by atoms with Crippen LogP contribution in [0.4, 0.5) is 0 Å². The standard InChI is InChI=1S/C16H34N2O2/c1-5-8-9-11-18(14-15(4)16(19)20)13-10-12-17(6-2)7-3/h15H,5-14H2,1-4H3,(H,19,20). The topological polar surface area (TPSA) is 43.8 Å². The van der Waals surface area contributed by atoms with Gasteiger partial charge in [-0.3, -0.25) is 4.79 Å². The molecular formula is C16H34N2O2. The van der Waals surface area contributed by atoms with Gasteiger partial charge >= 0.3 is 5.97 Å². The Morgan fingerprint density at radius 1 is 0.950 bits per heavy atom. The summed E-state index contributed by atoms with van der Waals surface area (Å²) < 4.78 is 0. The summed E-state index contributed by atoms with van der Waals surface area (Å²) in [4.78, 5) is 15.8. The summed E-state index contributed by atoms with van der Waals surface area (Å²) in [5, 5.41) is 9.06. The van der Waals surface area contributed by atoms with E-state index < -0.39 is 5.97 Å². The van der Waals surface area contributed by atoms with Gasteiger partial charge in [-0.25, -0.2) is 0 Å². The van der Waals surface area contributed by atoms with Crippen molar-refractivity contribution in [3.63, 3.8) is 0 Å². The van der Waals surface area contributed by atoms with E-state index in [0.29, 0.717) is 6.54 Å². The van der Waals surface area contributed by atoms with E-state index in [9.17, 15) is 4.79 Å². The van der Waals surface area contributed by atoms with Gasteiger partial charge in [0, 0.05) is 6.54 Å². The summed E-state index contributed by atoms with van der Waals surface area (Å²) >= 11 is 0. The molecule has 0 bridgehead atoms. The van der Waals surface area contributed by atoms with E-state index in [4.69, 9.17) is 5.11 Å². The summed E-state index contributed by atoms with van der Waals surface area (Å²) in [6.45, 7) is 14.4. The van der Waals surface area contributed by atoms with E-state index in [0.717, 1.165) is 39.1 Å². The van der Waals surface area contributed by atoms with Crippen molar-refractivity contribution in [3.8, 4) is 0 Å². The Labute approximate surface area is 125 Å². The molecule has 4 nitrogen and oxygen atoms in total. The normalized spacial score (nSPS) is 13.1. The lowest BCUT2D eigenvalue weighted by Crippen LogP contribution is -2.35. The molecule has 0 aromatic heterocycles. The molecule has 1 unspecified atom stereocenters. The van der Waals surface area contributed by atoms with Crippen molar-refractivity contribution in [2.45, 2.75) is 53.4 Å². The fraction of sp³-hybridized carbons (Fsp3) is 0.938. The molecule has 0 amide bonds. The zero-order chi connectivity index (χ0) is 15.4. The Balaban J connectivity index is 4.12. The molecule has 0 rings (SSSR count).